The van der Waals surface area contributed by atoms with E-state index in [1.165, 1.54) is 4.88 Å². The highest BCUT2D eigenvalue weighted by molar-refractivity contribution is 14.0. The summed E-state index contributed by atoms with van der Waals surface area (Å²) in [5, 5.41) is 12.9. The second-order valence-corrected chi connectivity index (χ2v) is 7.01. The lowest BCUT2D eigenvalue weighted by molar-refractivity contribution is 0.392. The average molecular weight is 500 g/mol. The Bertz CT molecular complexity index is 751. The zero-order valence-corrected chi connectivity index (χ0v) is 18.7. The Labute approximate surface area is 180 Å². The van der Waals surface area contributed by atoms with Crippen LogP contribution in [0.15, 0.2) is 49.8 Å². The molecule has 0 fully saturated rings. The van der Waals surface area contributed by atoms with E-state index in [4.69, 9.17) is 13.9 Å². The largest absolute Gasteiger partial charge is 0.469 e. The van der Waals surface area contributed by atoms with Crippen LogP contribution in [0.3, 0.4) is 0 Å². The zero-order chi connectivity index (χ0) is 18.2. The summed E-state index contributed by atoms with van der Waals surface area (Å²) in [4.78, 5) is 6.05. The Morgan fingerprint density at radius 2 is 1.96 bits per heavy atom. The van der Waals surface area contributed by atoms with Crippen molar-refractivity contribution >= 4 is 41.3 Å². The van der Waals surface area contributed by atoms with E-state index < -0.39 is 0 Å². The third-order valence-electron chi connectivity index (χ3n) is 4.06. The minimum atomic E-state index is 0. The maximum atomic E-state index is 5.38. The molecule has 0 aliphatic carbocycles. The van der Waals surface area contributed by atoms with Gasteiger partial charge >= 0.3 is 0 Å². The number of guanidine groups is 1. The molecule has 0 unspecified atom stereocenters. The van der Waals surface area contributed by atoms with Crippen molar-refractivity contribution in [3.05, 3.63) is 63.6 Å². The summed E-state index contributed by atoms with van der Waals surface area (Å²) < 4.78 is 10.6. The molecular weight excluding hydrogens is 475 g/mol. The molecule has 0 radical (unpaired) electrons. The van der Waals surface area contributed by atoms with Gasteiger partial charge in [-0.1, -0.05) is 11.2 Å². The van der Waals surface area contributed by atoms with E-state index in [-0.39, 0.29) is 24.0 Å². The molecule has 2 N–H and O–H groups in total. The van der Waals surface area contributed by atoms with E-state index in [9.17, 15) is 0 Å². The number of hydrogen-bond donors (Lipinski definition) is 2. The Morgan fingerprint density at radius 1 is 1.15 bits per heavy atom. The number of rotatable bonds is 8. The molecule has 8 heteroatoms. The van der Waals surface area contributed by atoms with Gasteiger partial charge in [0, 0.05) is 30.0 Å². The highest BCUT2D eigenvalue weighted by Crippen LogP contribution is 2.13. The average Bonchev–Trinajstić information content (AvgIpc) is 3.37. The Balaban J connectivity index is 0.00000261. The van der Waals surface area contributed by atoms with Gasteiger partial charge in [0.05, 0.1) is 18.5 Å². The predicted molar refractivity (Wildman–Crippen MR) is 119 cm³/mol. The number of nitrogens with one attached hydrogen (secondary N) is 2. The summed E-state index contributed by atoms with van der Waals surface area (Å²) >= 11 is 1.77. The van der Waals surface area contributed by atoms with Gasteiger partial charge in [0.2, 0.25) is 0 Å². The van der Waals surface area contributed by atoms with E-state index in [1.54, 1.807) is 17.6 Å². The fourth-order valence-electron chi connectivity index (χ4n) is 2.58. The normalized spacial score (nSPS) is 11.3. The number of aliphatic imine (C=N–C) groups is 1. The first-order valence-corrected chi connectivity index (χ1v) is 9.59. The van der Waals surface area contributed by atoms with Crippen LogP contribution >= 0.6 is 35.3 Å². The van der Waals surface area contributed by atoms with Crippen LogP contribution in [0.1, 0.15) is 27.7 Å². The maximum Gasteiger partial charge on any atom is 0.191 e. The first-order chi connectivity index (χ1) is 12.7. The van der Waals surface area contributed by atoms with Gasteiger partial charge in [0.15, 0.2) is 5.96 Å². The van der Waals surface area contributed by atoms with E-state index in [2.05, 4.69) is 33.3 Å². The zero-order valence-electron chi connectivity index (χ0n) is 15.5. The standard InChI is InChI=1S/C19H24N4O2S.HI/c1-14-18(15(2)25-23-14)13-22-19(20-9-7-16-5-3-11-24-16)21-10-8-17-6-4-12-26-17;/h3-6,11-12H,7-10,13H2,1-2H3,(H2,20,21,22);1H. The third-order valence-corrected chi connectivity index (χ3v) is 5.00. The number of halogens is 1. The van der Waals surface area contributed by atoms with Crippen molar-refractivity contribution in [1.82, 2.24) is 15.8 Å². The highest BCUT2D eigenvalue weighted by atomic mass is 127. The second kappa shape index (κ2) is 11.1. The molecule has 0 bridgehead atoms. The van der Waals surface area contributed by atoms with E-state index in [0.717, 1.165) is 54.7 Å². The Morgan fingerprint density at radius 3 is 2.59 bits per heavy atom. The van der Waals surface area contributed by atoms with Crippen LogP contribution in [0.4, 0.5) is 0 Å². The molecule has 0 aromatic carbocycles. The smallest absolute Gasteiger partial charge is 0.191 e. The van der Waals surface area contributed by atoms with E-state index in [0.29, 0.717) is 6.54 Å². The fourth-order valence-corrected chi connectivity index (χ4v) is 3.29. The van der Waals surface area contributed by atoms with Crippen molar-refractivity contribution in [3.63, 3.8) is 0 Å². The first-order valence-electron chi connectivity index (χ1n) is 8.71. The molecule has 0 aliphatic rings. The lowest BCUT2D eigenvalue weighted by Crippen LogP contribution is -2.39. The van der Waals surface area contributed by atoms with Gasteiger partial charge in [-0.25, -0.2) is 4.99 Å². The summed E-state index contributed by atoms with van der Waals surface area (Å²) in [5.74, 6) is 2.56. The quantitative estimate of drug-likeness (QED) is 0.277. The third kappa shape index (κ3) is 6.69. The molecule has 0 saturated heterocycles. The molecule has 0 amide bonds. The number of thiophene rings is 1. The summed E-state index contributed by atoms with van der Waals surface area (Å²) in [6.45, 7) is 5.97. The lowest BCUT2D eigenvalue weighted by atomic mass is 10.2. The van der Waals surface area contributed by atoms with Gasteiger partial charge in [-0.2, -0.15) is 0 Å². The molecule has 3 aromatic rings. The van der Waals surface area contributed by atoms with Crippen LogP contribution in [0.5, 0.6) is 0 Å². The van der Waals surface area contributed by atoms with Crippen molar-refractivity contribution in [2.24, 2.45) is 4.99 Å². The molecule has 27 heavy (non-hydrogen) atoms. The van der Waals surface area contributed by atoms with Crippen molar-refractivity contribution in [3.8, 4) is 0 Å². The van der Waals surface area contributed by atoms with Gasteiger partial charge in [-0.05, 0) is 43.8 Å². The van der Waals surface area contributed by atoms with Crippen LogP contribution in [0.25, 0.3) is 0 Å². The second-order valence-electron chi connectivity index (χ2n) is 5.98. The summed E-state index contributed by atoms with van der Waals surface area (Å²) in [5.41, 5.74) is 1.93. The van der Waals surface area contributed by atoms with Crippen LogP contribution in [-0.2, 0) is 19.4 Å². The van der Waals surface area contributed by atoms with Crippen LogP contribution < -0.4 is 10.6 Å². The summed E-state index contributed by atoms with van der Waals surface area (Å²) in [7, 11) is 0. The number of hydrogen-bond acceptors (Lipinski definition) is 5. The maximum absolute atomic E-state index is 5.38. The number of aromatic nitrogens is 1. The molecule has 6 nitrogen and oxygen atoms in total. The van der Waals surface area contributed by atoms with Gasteiger partial charge in [0.25, 0.3) is 0 Å². The summed E-state index contributed by atoms with van der Waals surface area (Å²) in [6.07, 6.45) is 3.48. The number of furan rings is 1. The molecular formula is C19H25IN4O2S. The van der Waals surface area contributed by atoms with Crippen LogP contribution in [0, 0.1) is 13.8 Å². The molecule has 3 rings (SSSR count). The molecule has 0 atom stereocenters. The molecule has 0 saturated carbocycles. The minimum Gasteiger partial charge on any atom is -0.469 e. The Kier molecular flexibility index (Phi) is 8.86. The fraction of sp³-hybridized carbons (Fsp3) is 0.368. The number of aryl methyl sites for hydroxylation is 2. The van der Waals surface area contributed by atoms with Crippen molar-refractivity contribution in [2.45, 2.75) is 33.2 Å². The van der Waals surface area contributed by atoms with Crippen molar-refractivity contribution < 1.29 is 8.94 Å². The SMILES string of the molecule is Cc1noc(C)c1CN=C(NCCc1ccco1)NCCc1cccs1.I. The Hall–Kier alpha value is -1.81. The minimum absolute atomic E-state index is 0. The monoisotopic (exact) mass is 500 g/mol. The lowest BCUT2D eigenvalue weighted by Gasteiger charge is -2.12. The molecule has 146 valence electrons. The molecule has 3 aromatic heterocycles. The highest BCUT2D eigenvalue weighted by Gasteiger charge is 2.09. The van der Waals surface area contributed by atoms with Crippen molar-refractivity contribution in [2.75, 3.05) is 13.1 Å². The van der Waals surface area contributed by atoms with Gasteiger partial charge in [-0.15, -0.1) is 35.3 Å². The van der Waals surface area contributed by atoms with E-state index >= 15 is 0 Å². The van der Waals surface area contributed by atoms with Crippen LogP contribution in [-0.4, -0.2) is 24.2 Å². The summed E-state index contributed by atoms with van der Waals surface area (Å²) in [6, 6.07) is 8.11. The van der Waals surface area contributed by atoms with Gasteiger partial charge < -0.3 is 19.6 Å². The van der Waals surface area contributed by atoms with Crippen molar-refractivity contribution in [1.29, 1.82) is 0 Å². The first kappa shape index (κ1) is 21.5. The molecule has 0 aliphatic heterocycles. The topological polar surface area (TPSA) is 75.6 Å². The predicted octanol–water partition coefficient (Wildman–Crippen LogP) is 4.08. The number of nitrogens with zero attached hydrogens (tertiary/aromatic N) is 2. The molecule has 0 spiro atoms. The molecule has 3 heterocycles. The van der Waals surface area contributed by atoms with E-state index in [1.807, 2.05) is 26.0 Å². The van der Waals surface area contributed by atoms with Crippen LogP contribution in [0.2, 0.25) is 0 Å². The van der Waals surface area contributed by atoms with Gasteiger partial charge in [0.1, 0.15) is 11.5 Å². The van der Waals surface area contributed by atoms with Gasteiger partial charge in [-0.3, -0.25) is 0 Å².